The van der Waals surface area contributed by atoms with Crippen LogP contribution in [-0.4, -0.2) is 30.4 Å². The Hall–Kier alpha value is -0.570. The molecule has 0 radical (unpaired) electrons. The smallest absolute Gasteiger partial charge is 0.225 e. The Bertz CT molecular complexity index is 214. The lowest BCUT2D eigenvalue weighted by molar-refractivity contribution is -0.136. The van der Waals surface area contributed by atoms with Crippen molar-refractivity contribution in [3.05, 3.63) is 0 Å². The summed E-state index contributed by atoms with van der Waals surface area (Å²) in [5.41, 5.74) is 5.45. The van der Waals surface area contributed by atoms with Crippen LogP contribution in [0.15, 0.2) is 0 Å². The summed E-state index contributed by atoms with van der Waals surface area (Å²) in [4.78, 5) is 13.9. The summed E-state index contributed by atoms with van der Waals surface area (Å²) in [6.07, 6.45) is 4.43. The Balaban J connectivity index is 2.36. The first-order valence-electron chi connectivity index (χ1n) is 6.04. The third kappa shape index (κ3) is 3.49. The molecule has 1 saturated carbocycles. The van der Waals surface area contributed by atoms with Crippen LogP contribution in [0, 0.1) is 11.8 Å². The molecule has 1 rings (SSSR count). The summed E-state index contributed by atoms with van der Waals surface area (Å²) in [6, 6.07) is 0.415. The molecule has 0 bridgehead atoms. The lowest BCUT2D eigenvalue weighted by atomic mass is 10.0. The predicted molar refractivity (Wildman–Crippen MR) is 62.4 cm³/mol. The molecule has 1 aliphatic carbocycles. The maximum absolute atomic E-state index is 12.0. The Morgan fingerprint density at radius 3 is 2.53 bits per heavy atom. The van der Waals surface area contributed by atoms with E-state index in [4.69, 9.17) is 5.73 Å². The highest BCUT2D eigenvalue weighted by molar-refractivity contribution is 5.78. The zero-order valence-electron chi connectivity index (χ0n) is 10.2. The van der Waals surface area contributed by atoms with Gasteiger partial charge in [-0.1, -0.05) is 6.92 Å². The van der Waals surface area contributed by atoms with E-state index in [9.17, 15) is 4.79 Å². The van der Waals surface area contributed by atoms with Gasteiger partial charge in [-0.2, -0.15) is 0 Å². The number of amides is 1. The van der Waals surface area contributed by atoms with Crippen molar-refractivity contribution in [2.24, 2.45) is 17.6 Å². The van der Waals surface area contributed by atoms with Crippen LogP contribution >= 0.6 is 0 Å². The molecule has 1 fully saturated rings. The molecule has 0 aromatic heterocycles. The van der Waals surface area contributed by atoms with Crippen LogP contribution in [0.4, 0.5) is 0 Å². The van der Waals surface area contributed by atoms with Gasteiger partial charge in [-0.05, 0) is 45.1 Å². The summed E-state index contributed by atoms with van der Waals surface area (Å²) in [7, 11) is 1.93. The van der Waals surface area contributed by atoms with Crippen molar-refractivity contribution in [1.82, 2.24) is 4.90 Å². The molecule has 3 nitrogen and oxygen atoms in total. The highest BCUT2D eigenvalue weighted by Gasteiger charge is 2.33. The standard InChI is InChI=1S/C12H24N2O/c1-9(5-4-8-13)12(15)14(3)10(2)11-6-7-11/h9-11H,4-8,13H2,1-3H3. The second-order valence-corrected chi connectivity index (χ2v) is 4.86. The molecule has 0 aromatic carbocycles. The Morgan fingerprint density at radius 1 is 1.47 bits per heavy atom. The lowest BCUT2D eigenvalue weighted by Gasteiger charge is -2.27. The van der Waals surface area contributed by atoms with Crippen LogP contribution in [0.5, 0.6) is 0 Å². The normalized spacial score (nSPS) is 19.7. The fraction of sp³-hybridized carbons (Fsp3) is 0.917. The molecule has 2 N–H and O–H groups in total. The Kier molecular flexibility index (Phi) is 4.58. The molecular formula is C12H24N2O. The van der Waals surface area contributed by atoms with E-state index < -0.39 is 0 Å². The molecule has 3 heteroatoms. The van der Waals surface area contributed by atoms with Crippen LogP contribution in [-0.2, 0) is 4.79 Å². The van der Waals surface area contributed by atoms with Gasteiger partial charge in [0.15, 0.2) is 0 Å². The van der Waals surface area contributed by atoms with Gasteiger partial charge in [-0.15, -0.1) is 0 Å². The minimum absolute atomic E-state index is 0.125. The van der Waals surface area contributed by atoms with Gasteiger partial charge < -0.3 is 10.6 Å². The second kappa shape index (κ2) is 5.50. The van der Waals surface area contributed by atoms with E-state index in [1.54, 1.807) is 0 Å². The van der Waals surface area contributed by atoms with Gasteiger partial charge in [0.05, 0.1) is 0 Å². The molecular weight excluding hydrogens is 188 g/mol. The molecule has 0 saturated heterocycles. The Morgan fingerprint density at radius 2 is 2.07 bits per heavy atom. The van der Waals surface area contributed by atoms with E-state index in [1.807, 2.05) is 18.9 Å². The largest absolute Gasteiger partial charge is 0.343 e. The fourth-order valence-electron chi connectivity index (χ4n) is 1.99. The highest BCUT2D eigenvalue weighted by Crippen LogP contribution is 2.35. The maximum Gasteiger partial charge on any atom is 0.225 e. The maximum atomic E-state index is 12.0. The van der Waals surface area contributed by atoms with Gasteiger partial charge in [-0.25, -0.2) is 0 Å². The summed E-state index contributed by atoms with van der Waals surface area (Å²) in [6.45, 7) is 4.85. The van der Waals surface area contributed by atoms with E-state index in [2.05, 4.69) is 6.92 Å². The lowest BCUT2D eigenvalue weighted by Crippen LogP contribution is -2.39. The number of nitrogens with zero attached hydrogens (tertiary/aromatic N) is 1. The van der Waals surface area contributed by atoms with Crippen molar-refractivity contribution < 1.29 is 4.79 Å². The van der Waals surface area contributed by atoms with Crippen molar-refractivity contribution in [3.8, 4) is 0 Å². The van der Waals surface area contributed by atoms with Crippen LogP contribution in [0.25, 0.3) is 0 Å². The van der Waals surface area contributed by atoms with E-state index in [0.29, 0.717) is 12.6 Å². The molecule has 0 spiro atoms. The first-order valence-corrected chi connectivity index (χ1v) is 6.04. The van der Waals surface area contributed by atoms with E-state index in [0.717, 1.165) is 18.8 Å². The summed E-state index contributed by atoms with van der Waals surface area (Å²) >= 11 is 0. The molecule has 0 heterocycles. The number of hydrogen-bond donors (Lipinski definition) is 1. The number of carbonyl (C=O) groups excluding carboxylic acids is 1. The van der Waals surface area contributed by atoms with E-state index >= 15 is 0 Å². The molecule has 15 heavy (non-hydrogen) atoms. The molecule has 2 unspecified atom stereocenters. The third-order valence-corrected chi connectivity index (χ3v) is 3.53. The molecule has 0 aliphatic heterocycles. The average Bonchev–Trinajstić information content (AvgIpc) is 3.06. The van der Waals surface area contributed by atoms with Gasteiger partial charge in [0, 0.05) is 19.0 Å². The fourth-order valence-corrected chi connectivity index (χ4v) is 1.99. The number of rotatable bonds is 6. The van der Waals surface area contributed by atoms with Gasteiger partial charge in [0.1, 0.15) is 0 Å². The third-order valence-electron chi connectivity index (χ3n) is 3.53. The molecule has 88 valence electrons. The second-order valence-electron chi connectivity index (χ2n) is 4.86. The summed E-state index contributed by atoms with van der Waals surface area (Å²) in [5, 5.41) is 0. The quantitative estimate of drug-likeness (QED) is 0.727. The minimum Gasteiger partial charge on any atom is -0.343 e. The first-order chi connectivity index (χ1) is 7.07. The van der Waals surface area contributed by atoms with Gasteiger partial charge in [0.25, 0.3) is 0 Å². The van der Waals surface area contributed by atoms with Gasteiger partial charge in [0.2, 0.25) is 5.91 Å². The van der Waals surface area contributed by atoms with Crippen LogP contribution in [0.2, 0.25) is 0 Å². The predicted octanol–water partition coefficient (Wildman–Crippen LogP) is 1.62. The molecule has 2 atom stereocenters. The van der Waals surface area contributed by atoms with Gasteiger partial charge >= 0.3 is 0 Å². The molecule has 1 amide bonds. The number of carbonyl (C=O) groups is 1. The molecule has 0 aromatic rings. The topological polar surface area (TPSA) is 46.3 Å². The van der Waals surface area contributed by atoms with E-state index in [1.165, 1.54) is 12.8 Å². The van der Waals surface area contributed by atoms with Crippen molar-refractivity contribution in [2.45, 2.75) is 45.6 Å². The van der Waals surface area contributed by atoms with Crippen molar-refractivity contribution in [2.75, 3.05) is 13.6 Å². The zero-order chi connectivity index (χ0) is 11.4. The first kappa shape index (κ1) is 12.5. The highest BCUT2D eigenvalue weighted by atomic mass is 16.2. The van der Waals surface area contributed by atoms with E-state index in [-0.39, 0.29) is 11.8 Å². The zero-order valence-corrected chi connectivity index (χ0v) is 10.2. The molecule has 1 aliphatic rings. The number of nitrogens with two attached hydrogens (primary N) is 1. The van der Waals surface area contributed by atoms with Crippen molar-refractivity contribution >= 4 is 5.91 Å². The average molecular weight is 212 g/mol. The SMILES string of the molecule is CC(CCCN)C(=O)N(C)C(C)C1CC1. The van der Waals surface area contributed by atoms with Crippen LogP contribution in [0.3, 0.4) is 0 Å². The van der Waals surface area contributed by atoms with Crippen molar-refractivity contribution in [1.29, 1.82) is 0 Å². The minimum atomic E-state index is 0.125. The van der Waals surface area contributed by atoms with Crippen LogP contribution in [0.1, 0.15) is 39.5 Å². The number of hydrogen-bond acceptors (Lipinski definition) is 2. The summed E-state index contributed by atoms with van der Waals surface area (Å²) < 4.78 is 0. The monoisotopic (exact) mass is 212 g/mol. The summed E-state index contributed by atoms with van der Waals surface area (Å²) in [5.74, 6) is 1.16. The Labute approximate surface area is 93.0 Å². The van der Waals surface area contributed by atoms with Crippen LogP contribution < -0.4 is 5.73 Å². The van der Waals surface area contributed by atoms with Gasteiger partial charge in [-0.3, -0.25) is 4.79 Å². The van der Waals surface area contributed by atoms with Crippen molar-refractivity contribution in [3.63, 3.8) is 0 Å².